The van der Waals surface area contributed by atoms with E-state index in [1.165, 1.54) is 22.8 Å². The van der Waals surface area contributed by atoms with Crippen LogP contribution in [0, 0.1) is 11.6 Å². The Morgan fingerprint density at radius 2 is 1.71 bits per heavy atom. The number of anilines is 1. The van der Waals surface area contributed by atoms with E-state index in [-0.39, 0.29) is 64.1 Å². The van der Waals surface area contributed by atoms with Crippen molar-refractivity contribution in [1.29, 1.82) is 0 Å². The van der Waals surface area contributed by atoms with Gasteiger partial charge in [-0.05, 0) is 88.9 Å². The van der Waals surface area contributed by atoms with Crippen LogP contribution in [0.25, 0.3) is 28.0 Å². The summed E-state index contributed by atoms with van der Waals surface area (Å²) >= 11 is 0. The lowest BCUT2D eigenvalue weighted by molar-refractivity contribution is 0.0130. The minimum Gasteiger partial charge on any atom is -0.444 e. The quantitative estimate of drug-likeness (QED) is 0.122. The fraction of sp³-hybridized carbons (Fsp3) is 0.512. The Morgan fingerprint density at radius 3 is 2.33 bits per heavy atom. The predicted octanol–water partition coefficient (Wildman–Crippen LogP) is 8.46. The van der Waals surface area contributed by atoms with Gasteiger partial charge in [0.05, 0.1) is 16.8 Å². The molecule has 0 saturated carbocycles. The second-order valence-electron chi connectivity index (χ2n) is 17.3. The van der Waals surface area contributed by atoms with Gasteiger partial charge in [-0.3, -0.25) is 9.78 Å². The highest BCUT2D eigenvalue weighted by Crippen LogP contribution is 2.38. The smallest absolute Gasteiger partial charge is 0.410 e. The van der Waals surface area contributed by atoms with Crippen LogP contribution in [0.3, 0.4) is 0 Å². The number of carbonyl (C=O) groups excluding carboxylic acids is 2. The molecule has 0 aliphatic carbocycles. The number of carbonyl (C=O) groups is 2. The zero-order valence-corrected chi connectivity index (χ0v) is 35.1. The number of hydrogen-bond donors (Lipinski definition) is 0. The summed E-state index contributed by atoms with van der Waals surface area (Å²) < 4.78 is 45.5. The van der Waals surface area contributed by atoms with Gasteiger partial charge in [-0.15, -0.1) is 0 Å². The average molecular weight is 777 g/mol. The second kappa shape index (κ2) is 15.5. The van der Waals surface area contributed by atoms with Crippen molar-refractivity contribution in [1.82, 2.24) is 24.4 Å². The average Bonchev–Trinajstić information content (AvgIpc) is 3.07. The molecule has 1 aliphatic rings. The number of nitrogens with zero attached hydrogens (tertiary/aromatic N) is 6. The Bertz CT molecular complexity index is 2160. The molecule has 1 amide bonds. The molecule has 0 radical (unpaired) electrons. The topological polar surface area (TPSA) is 120 Å². The molecule has 3 aromatic heterocycles. The third kappa shape index (κ3) is 8.49. The Morgan fingerprint density at radius 1 is 1.02 bits per heavy atom. The van der Waals surface area contributed by atoms with E-state index >= 15 is 8.78 Å². The largest absolute Gasteiger partial charge is 0.444 e. The van der Waals surface area contributed by atoms with E-state index in [1.807, 2.05) is 38.7 Å². The number of fused-ring (bicyclic) bond motifs is 1. The van der Waals surface area contributed by atoms with Gasteiger partial charge in [-0.2, -0.15) is 4.98 Å². The Hall–Kier alpha value is -4.56. The van der Waals surface area contributed by atoms with E-state index in [0.29, 0.717) is 30.7 Å². The number of piperazine rings is 1. The number of rotatable bonds is 9. The highest BCUT2D eigenvalue weighted by Gasteiger charge is 2.38. The molecule has 1 saturated heterocycles. The molecule has 2 atom stereocenters. The molecular weight excluding hydrogens is 723 g/mol. The van der Waals surface area contributed by atoms with Crippen molar-refractivity contribution >= 4 is 37.5 Å². The summed E-state index contributed by atoms with van der Waals surface area (Å²) in [6.45, 7) is 24.8. The van der Waals surface area contributed by atoms with Gasteiger partial charge in [-0.25, -0.2) is 27.9 Å². The molecule has 0 unspecified atom stereocenters. The van der Waals surface area contributed by atoms with Crippen molar-refractivity contribution in [3.05, 3.63) is 75.5 Å². The van der Waals surface area contributed by atoms with E-state index in [0.717, 1.165) is 11.6 Å². The Kier molecular flexibility index (Phi) is 11.7. The van der Waals surface area contributed by atoms with Gasteiger partial charge in [0.1, 0.15) is 22.9 Å². The van der Waals surface area contributed by atoms with Crippen LogP contribution < -0.4 is 10.6 Å². The molecular formula is C41H54F2N6O5Si. The van der Waals surface area contributed by atoms with Gasteiger partial charge < -0.3 is 19.0 Å². The summed E-state index contributed by atoms with van der Waals surface area (Å²) in [5, 5.41) is 0.172. The fourth-order valence-electron chi connectivity index (χ4n) is 6.61. The minimum atomic E-state index is -2.13. The minimum absolute atomic E-state index is 0.0161. The summed E-state index contributed by atoms with van der Waals surface area (Å²) in [6.07, 6.45) is 2.10. The molecule has 0 bridgehead atoms. The van der Waals surface area contributed by atoms with Gasteiger partial charge in [0.25, 0.3) is 0 Å². The molecule has 4 heterocycles. The SMILES string of the molecule is CC(C)c1nccc(CCO[Si](C)(C)C(C)(C)C)c1-n1c(=O)nc(N2C[C@H](C)N(C(=O)OC(C)(C)C)C[C@@H]2C)c2cc(F)c(-c3c(F)cccc3C=O)nc21. The predicted molar refractivity (Wildman–Crippen MR) is 214 cm³/mol. The molecule has 55 heavy (non-hydrogen) atoms. The van der Waals surface area contributed by atoms with Crippen molar-refractivity contribution in [3.8, 4) is 16.9 Å². The maximum Gasteiger partial charge on any atom is 0.410 e. The Labute approximate surface area is 323 Å². The maximum atomic E-state index is 16.5. The van der Waals surface area contributed by atoms with E-state index < -0.39 is 43.0 Å². The summed E-state index contributed by atoms with van der Waals surface area (Å²) in [4.78, 5) is 57.4. The first-order valence-corrected chi connectivity index (χ1v) is 21.7. The van der Waals surface area contributed by atoms with E-state index in [4.69, 9.17) is 19.1 Å². The number of pyridine rings is 2. The number of hydrogen-bond acceptors (Lipinski definition) is 9. The number of ether oxygens (including phenoxy) is 1. The molecule has 0 spiro atoms. The van der Waals surface area contributed by atoms with Crippen LogP contribution in [-0.2, 0) is 15.6 Å². The molecule has 4 aromatic rings. The van der Waals surface area contributed by atoms with Crippen LogP contribution in [0.2, 0.25) is 18.1 Å². The zero-order chi connectivity index (χ0) is 40.8. The van der Waals surface area contributed by atoms with Crippen LogP contribution in [0.1, 0.15) is 96.8 Å². The van der Waals surface area contributed by atoms with Crippen LogP contribution in [0.15, 0.2) is 41.3 Å². The maximum absolute atomic E-state index is 16.5. The van der Waals surface area contributed by atoms with Crippen LogP contribution in [0.4, 0.5) is 19.4 Å². The summed E-state index contributed by atoms with van der Waals surface area (Å²) in [5.41, 5.74) is -0.446. The monoisotopic (exact) mass is 776 g/mol. The van der Waals surface area contributed by atoms with Crippen molar-refractivity contribution < 1.29 is 27.5 Å². The first-order chi connectivity index (χ1) is 25.6. The Balaban J connectivity index is 1.77. The molecule has 14 heteroatoms. The second-order valence-corrected chi connectivity index (χ2v) is 22.1. The van der Waals surface area contributed by atoms with Crippen LogP contribution >= 0.6 is 0 Å². The lowest BCUT2D eigenvalue weighted by atomic mass is 10.0. The molecule has 1 aromatic carbocycles. The van der Waals surface area contributed by atoms with Crippen molar-refractivity contribution in [2.75, 3.05) is 24.6 Å². The standard InChI is InChI=1S/C41H54F2N6O5Si/c1-24(2)33-35(27(16-18-44-33)17-19-53-55(11,12)41(8,9)10)49-37-29(20-31(43)34(45-37)32-28(23-50)14-13-15-30(32)42)36(46-38(49)51)47-21-26(4)48(22-25(47)3)39(52)54-40(5,6)7/h13-16,18,20,23-26H,17,19,21-22H2,1-12H3/t25-,26-/m0/s1. The molecule has 1 aliphatic heterocycles. The van der Waals surface area contributed by atoms with E-state index in [1.54, 1.807) is 31.9 Å². The van der Waals surface area contributed by atoms with Gasteiger partial charge >= 0.3 is 11.8 Å². The van der Waals surface area contributed by atoms with Gasteiger partial charge in [-0.1, -0.05) is 46.8 Å². The third-order valence-electron chi connectivity index (χ3n) is 10.5. The van der Waals surface area contributed by atoms with Gasteiger partial charge in [0, 0.05) is 49.1 Å². The van der Waals surface area contributed by atoms with Gasteiger partial charge in [0.2, 0.25) is 0 Å². The summed E-state index contributed by atoms with van der Waals surface area (Å²) in [5.74, 6) is -1.74. The van der Waals surface area contributed by atoms with Crippen molar-refractivity contribution in [2.24, 2.45) is 0 Å². The molecule has 5 rings (SSSR count). The first-order valence-electron chi connectivity index (χ1n) is 18.8. The summed E-state index contributed by atoms with van der Waals surface area (Å²) in [6, 6.07) is 6.15. The number of aromatic nitrogens is 4. The van der Waals surface area contributed by atoms with Crippen molar-refractivity contribution in [3.63, 3.8) is 0 Å². The highest BCUT2D eigenvalue weighted by molar-refractivity contribution is 6.74. The lowest BCUT2D eigenvalue weighted by Crippen LogP contribution is -2.59. The first kappa shape index (κ1) is 41.6. The fourth-order valence-corrected chi connectivity index (χ4v) is 7.66. The number of halogens is 2. The van der Waals surface area contributed by atoms with E-state index in [2.05, 4.69) is 38.8 Å². The van der Waals surface area contributed by atoms with E-state index in [9.17, 15) is 14.4 Å². The molecule has 1 fully saturated rings. The van der Waals surface area contributed by atoms with Crippen LogP contribution in [0.5, 0.6) is 0 Å². The molecule has 296 valence electrons. The summed E-state index contributed by atoms with van der Waals surface area (Å²) in [7, 11) is -2.13. The van der Waals surface area contributed by atoms with Crippen LogP contribution in [-0.4, -0.2) is 82.5 Å². The number of amides is 1. The van der Waals surface area contributed by atoms with Gasteiger partial charge in [0.15, 0.2) is 26.1 Å². The van der Waals surface area contributed by atoms with Crippen molar-refractivity contribution in [2.45, 2.75) is 117 Å². The number of benzene rings is 1. The number of aldehydes is 1. The third-order valence-corrected chi connectivity index (χ3v) is 15.1. The normalized spacial score (nSPS) is 16.9. The zero-order valence-electron chi connectivity index (χ0n) is 34.1. The highest BCUT2D eigenvalue weighted by atomic mass is 28.4. The molecule has 11 nitrogen and oxygen atoms in total. The molecule has 0 N–H and O–H groups in total. The lowest BCUT2D eigenvalue weighted by Gasteiger charge is -2.44.